The average Bonchev–Trinajstić information content (AvgIpc) is 2.02. The molecule has 0 aliphatic rings. The summed E-state index contributed by atoms with van der Waals surface area (Å²) in [5.74, 6) is -0.434. The molecule has 13 heavy (non-hydrogen) atoms. The van der Waals surface area contributed by atoms with Crippen molar-refractivity contribution >= 4 is 0 Å². The first-order valence-electron chi connectivity index (χ1n) is 4.37. The highest BCUT2D eigenvalue weighted by molar-refractivity contribution is 5.09. The van der Waals surface area contributed by atoms with E-state index in [9.17, 15) is 4.39 Å². The molecule has 2 N–H and O–H groups in total. The van der Waals surface area contributed by atoms with Crippen molar-refractivity contribution in [2.75, 3.05) is 0 Å². The fourth-order valence-corrected chi connectivity index (χ4v) is 1.02. The summed E-state index contributed by atoms with van der Waals surface area (Å²) in [4.78, 5) is 3.57. The molecule has 0 aromatic carbocycles. The zero-order valence-corrected chi connectivity index (χ0v) is 8.05. The van der Waals surface area contributed by atoms with Crippen LogP contribution in [0.15, 0.2) is 18.3 Å². The summed E-state index contributed by atoms with van der Waals surface area (Å²) in [5, 5.41) is 0. The van der Waals surface area contributed by atoms with Crippen LogP contribution in [0, 0.1) is 5.95 Å². The molecule has 0 bridgehead atoms. The topological polar surface area (TPSA) is 38.9 Å². The first kappa shape index (κ1) is 10.1. The van der Waals surface area contributed by atoms with Crippen molar-refractivity contribution < 1.29 is 4.39 Å². The summed E-state index contributed by atoms with van der Waals surface area (Å²) in [5.41, 5.74) is 6.67. The van der Waals surface area contributed by atoms with Crippen LogP contribution in [0.4, 0.5) is 4.39 Å². The quantitative estimate of drug-likeness (QED) is 0.725. The van der Waals surface area contributed by atoms with Crippen LogP contribution in [0.1, 0.15) is 25.8 Å². The van der Waals surface area contributed by atoms with Crippen molar-refractivity contribution in [3.8, 4) is 0 Å². The highest BCUT2D eigenvalue weighted by Crippen LogP contribution is 2.10. The Morgan fingerprint density at radius 2 is 2.15 bits per heavy atom. The minimum Gasteiger partial charge on any atom is -0.326 e. The number of aryl methyl sites for hydroxylation is 1. The second-order valence-corrected chi connectivity index (χ2v) is 3.98. The standard InChI is InChI=1S/C10H15FN2/c1-10(2,12)6-5-8-3-4-9(11)13-7-8/h3-4,7H,5-6,12H2,1-2H3. The molecular formula is C10H15FN2. The number of nitrogens with two attached hydrogens (primary N) is 1. The summed E-state index contributed by atoms with van der Waals surface area (Å²) in [6.45, 7) is 3.95. The molecule has 0 fully saturated rings. The molecule has 0 saturated heterocycles. The summed E-state index contributed by atoms with van der Waals surface area (Å²) in [7, 11) is 0. The third kappa shape index (κ3) is 3.99. The van der Waals surface area contributed by atoms with Crippen LogP contribution in [0.25, 0.3) is 0 Å². The first-order valence-corrected chi connectivity index (χ1v) is 4.37. The molecule has 1 aromatic heterocycles. The molecule has 1 rings (SSSR count). The molecule has 0 spiro atoms. The predicted molar refractivity (Wildman–Crippen MR) is 50.8 cm³/mol. The Morgan fingerprint density at radius 3 is 2.62 bits per heavy atom. The maximum Gasteiger partial charge on any atom is 0.212 e. The van der Waals surface area contributed by atoms with Crippen LogP contribution in [0.5, 0.6) is 0 Å². The lowest BCUT2D eigenvalue weighted by atomic mass is 9.97. The van der Waals surface area contributed by atoms with Crippen molar-refractivity contribution in [3.05, 3.63) is 29.8 Å². The Balaban J connectivity index is 2.51. The second-order valence-electron chi connectivity index (χ2n) is 3.98. The van der Waals surface area contributed by atoms with E-state index in [1.165, 1.54) is 6.07 Å². The molecule has 1 aromatic rings. The Bertz CT molecular complexity index is 261. The fourth-order valence-electron chi connectivity index (χ4n) is 1.02. The van der Waals surface area contributed by atoms with E-state index >= 15 is 0 Å². The van der Waals surface area contributed by atoms with Gasteiger partial charge in [0.05, 0.1) is 0 Å². The Hall–Kier alpha value is -0.960. The number of hydrogen-bond donors (Lipinski definition) is 1. The zero-order chi connectivity index (χ0) is 9.90. The number of halogens is 1. The molecule has 0 atom stereocenters. The van der Waals surface area contributed by atoms with Crippen molar-refractivity contribution in [1.82, 2.24) is 4.98 Å². The SMILES string of the molecule is CC(C)(N)CCc1ccc(F)nc1. The van der Waals surface area contributed by atoms with Gasteiger partial charge in [0.2, 0.25) is 5.95 Å². The molecule has 0 unspecified atom stereocenters. The Kier molecular flexibility index (Phi) is 2.98. The van der Waals surface area contributed by atoms with Crippen LogP contribution in [0.2, 0.25) is 0 Å². The molecule has 72 valence electrons. The highest BCUT2D eigenvalue weighted by Gasteiger charge is 2.10. The van der Waals surface area contributed by atoms with Gasteiger partial charge in [-0.2, -0.15) is 4.39 Å². The number of rotatable bonds is 3. The van der Waals surface area contributed by atoms with Crippen LogP contribution < -0.4 is 5.73 Å². The largest absolute Gasteiger partial charge is 0.326 e. The third-order valence-electron chi connectivity index (χ3n) is 1.85. The molecule has 0 aliphatic heterocycles. The normalized spacial score (nSPS) is 11.7. The van der Waals surface area contributed by atoms with Gasteiger partial charge in [-0.15, -0.1) is 0 Å². The van der Waals surface area contributed by atoms with E-state index in [0.29, 0.717) is 0 Å². The van der Waals surface area contributed by atoms with Crippen LogP contribution >= 0.6 is 0 Å². The smallest absolute Gasteiger partial charge is 0.212 e. The molecule has 1 heterocycles. The zero-order valence-electron chi connectivity index (χ0n) is 8.05. The molecule has 3 heteroatoms. The molecule has 0 amide bonds. The van der Waals surface area contributed by atoms with Gasteiger partial charge in [-0.05, 0) is 38.3 Å². The van der Waals surface area contributed by atoms with Gasteiger partial charge in [0.1, 0.15) is 0 Å². The molecular weight excluding hydrogens is 167 g/mol. The lowest BCUT2D eigenvalue weighted by Gasteiger charge is -2.17. The van der Waals surface area contributed by atoms with Crippen molar-refractivity contribution in [3.63, 3.8) is 0 Å². The van der Waals surface area contributed by atoms with Gasteiger partial charge < -0.3 is 5.73 Å². The molecule has 0 radical (unpaired) electrons. The van der Waals surface area contributed by atoms with E-state index in [0.717, 1.165) is 18.4 Å². The maximum atomic E-state index is 12.4. The number of hydrogen-bond acceptors (Lipinski definition) is 2. The number of pyridine rings is 1. The van der Waals surface area contributed by atoms with E-state index in [4.69, 9.17) is 5.73 Å². The summed E-state index contributed by atoms with van der Waals surface area (Å²) < 4.78 is 12.4. The molecule has 2 nitrogen and oxygen atoms in total. The molecule has 0 aliphatic carbocycles. The van der Waals surface area contributed by atoms with E-state index in [1.54, 1.807) is 12.3 Å². The predicted octanol–water partition coefficient (Wildman–Crippen LogP) is 1.89. The first-order chi connectivity index (χ1) is 5.97. The summed E-state index contributed by atoms with van der Waals surface area (Å²) in [6, 6.07) is 3.12. The van der Waals surface area contributed by atoms with Gasteiger partial charge >= 0.3 is 0 Å². The highest BCUT2D eigenvalue weighted by atomic mass is 19.1. The van der Waals surface area contributed by atoms with E-state index in [1.807, 2.05) is 13.8 Å². The monoisotopic (exact) mass is 182 g/mol. The third-order valence-corrected chi connectivity index (χ3v) is 1.85. The number of aromatic nitrogens is 1. The van der Waals surface area contributed by atoms with Gasteiger partial charge in [-0.3, -0.25) is 0 Å². The molecule has 0 saturated carbocycles. The fraction of sp³-hybridized carbons (Fsp3) is 0.500. The van der Waals surface area contributed by atoms with Crippen LogP contribution in [-0.2, 0) is 6.42 Å². The van der Waals surface area contributed by atoms with Crippen molar-refractivity contribution in [2.45, 2.75) is 32.2 Å². The average molecular weight is 182 g/mol. The Labute approximate surface area is 78.0 Å². The minimum absolute atomic E-state index is 0.172. The van der Waals surface area contributed by atoms with Gasteiger partial charge in [0, 0.05) is 11.7 Å². The van der Waals surface area contributed by atoms with Crippen LogP contribution in [-0.4, -0.2) is 10.5 Å². The summed E-state index contributed by atoms with van der Waals surface area (Å²) >= 11 is 0. The number of nitrogens with zero attached hydrogens (tertiary/aromatic N) is 1. The van der Waals surface area contributed by atoms with E-state index in [-0.39, 0.29) is 5.54 Å². The van der Waals surface area contributed by atoms with Crippen molar-refractivity contribution in [2.24, 2.45) is 5.73 Å². The van der Waals surface area contributed by atoms with Gasteiger partial charge in [0.25, 0.3) is 0 Å². The van der Waals surface area contributed by atoms with Crippen LogP contribution in [0.3, 0.4) is 0 Å². The lowest BCUT2D eigenvalue weighted by Crippen LogP contribution is -2.32. The maximum absolute atomic E-state index is 12.4. The van der Waals surface area contributed by atoms with Gasteiger partial charge in [0.15, 0.2) is 0 Å². The van der Waals surface area contributed by atoms with E-state index < -0.39 is 5.95 Å². The van der Waals surface area contributed by atoms with Gasteiger partial charge in [-0.25, -0.2) is 4.98 Å². The van der Waals surface area contributed by atoms with Gasteiger partial charge in [-0.1, -0.05) is 6.07 Å². The summed E-state index contributed by atoms with van der Waals surface area (Å²) in [6.07, 6.45) is 3.28. The lowest BCUT2D eigenvalue weighted by molar-refractivity contribution is 0.476. The Morgan fingerprint density at radius 1 is 1.46 bits per heavy atom. The minimum atomic E-state index is -0.434. The van der Waals surface area contributed by atoms with E-state index in [2.05, 4.69) is 4.98 Å². The second kappa shape index (κ2) is 3.83. The van der Waals surface area contributed by atoms with Crippen molar-refractivity contribution in [1.29, 1.82) is 0 Å².